The molecule has 2 aromatic rings. The number of carbonyl (C=O) groups excluding carboxylic acids is 1. The number of hydrogen-bond donors (Lipinski definition) is 2. The van der Waals surface area contributed by atoms with E-state index in [0.717, 1.165) is 18.4 Å². The first-order chi connectivity index (χ1) is 11.2. The maximum Gasteiger partial charge on any atom is 0.253 e. The van der Waals surface area contributed by atoms with Crippen LogP contribution in [0.1, 0.15) is 28.8 Å². The summed E-state index contributed by atoms with van der Waals surface area (Å²) in [5, 5.41) is 6.01. The van der Waals surface area contributed by atoms with Crippen molar-refractivity contribution >= 4 is 11.7 Å². The molecule has 1 saturated carbocycles. The van der Waals surface area contributed by atoms with Crippen LogP contribution in [0.15, 0.2) is 36.5 Å². The summed E-state index contributed by atoms with van der Waals surface area (Å²) in [6, 6.07) is 8.58. The fourth-order valence-corrected chi connectivity index (χ4v) is 2.14. The maximum absolute atomic E-state index is 13.6. The molecule has 0 saturated heterocycles. The molecule has 1 aromatic carbocycles. The van der Waals surface area contributed by atoms with Crippen LogP contribution in [0.2, 0.25) is 0 Å². The molecule has 1 heterocycles. The zero-order chi connectivity index (χ0) is 16.2. The van der Waals surface area contributed by atoms with Gasteiger partial charge in [-0.2, -0.15) is 0 Å². The number of aromatic nitrogens is 1. The fourth-order valence-electron chi connectivity index (χ4n) is 2.14. The van der Waals surface area contributed by atoms with Gasteiger partial charge in [-0.05, 0) is 42.7 Å². The lowest BCUT2D eigenvalue weighted by atomic mass is 10.2. The highest BCUT2D eigenvalue weighted by Crippen LogP contribution is 2.20. The zero-order valence-corrected chi connectivity index (χ0v) is 12.8. The predicted molar refractivity (Wildman–Crippen MR) is 85.0 cm³/mol. The summed E-state index contributed by atoms with van der Waals surface area (Å²) in [6.07, 6.45) is 3.64. The van der Waals surface area contributed by atoms with Crippen LogP contribution in [0.5, 0.6) is 5.75 Å². The number of anilines is 1. The number of carbonyl (C=O) groups is 1. The third kappa shape index (κ3) is 3.97. The second-order valence-electron chi connectivity index (χ2n) is 5.50. The highest BCUT2D eigenvalue weighted by atomic mass is 19.1. The summed E-state index contributed by atoms with van der Waals surface area (Å²) in [4.78, 5) is 16.1. The Morgan fingerprint density at radius 2 is 2.17 bits per heavy atom. The van der Waals surface area contributed by atoms with E-state index >= 15 is 0 Å². The Morgan fingerprint density at radius 1 is 1.35 bits per heavy atom. The van der Waals surface area contributed by atoms with E-state index in [1.807, 2.05) is 0 Å². The monoisotopic (exact) mass is 315 g/mol. The van der Waals surface area contributed by atoms with Gasteiger partial charge in [0.05, 0.1) is 12.7 Å². The molecule has 1 aliphatic carbocycles. The minimum Gasteiger partial charge on any atom is -0.494 e. The van der Waals surface area contributed by atoms with Gasteiger partial charge in [-0.3, -0.25) is 4.79 Å². The number of methoxy groups -OCH3 is 1. The molecule has 1 aliphatic rings. The van der Waals surface area contributed by atoms with E-state index in [2.05, 4.69) is 15.6 Å². The Hall–Kier alpha value is -2.63. The molecular weight excluding hydrogens is 297 g/mol. The van der Waals surface area contributed by atoms with Crippen molar-refractivity contribution in [2.75, 3.05) is 12.4 Å². The number of ether oxygens (including phenoxy) is 1. The van der Waals surface area contributed by atoms with Crippen molar-refractivity contribution in [3.05, 3.63) is 53.5 Å². The normalized spacial score (nSPS) is 13.5. The zero-order valence-electron chi connectivity index (χ0n) is 12.8. The van der Waals surface area contributed by atoms with Crippen LogP contribution >= 0.6 is 0 Å². The number of pyridine rings is 1. The number of halogens is 1. The first-order valence-electron chi connectivity index (χ1n) is 7.49. The molecule has 0 atom stereocenters. The third-order valence-electron chi connectivity index (χ3n) is 3.63. The van der Waals surface area contributed by atoms with Gasteiger partial charge in [-0.15, -0.1) is 0 Å². The van der Waals surface area contributed by atoms with E-state index in [4.69, 9.17) is 4.74 Å². The number of hydrogen-bond acceptors (Lipinski definition) is 4. The molecule has 0 radical (unpaired) electrons. The van der Waals surface area contributed by atoms with Gasteiger partial charge in [-0.25, -0.2) is 9.37 Å². The van der Waals surface area contributed by atoms with Gasteiger partial charge in [0.1, 0.15) is 5.82 Å². The first kappa shape index (κ1) is 15.3. The van der Waals surface area contributed by atoms with Crippen molar-refractivity contribution in [1.82, 2.24) is 10.3 Å². The van der Waals surface area contributed by atoms with Gasteiger partial charge < -0.3 is 15.4 Å². The Bertz CT molecular complexity index is 699. The summed E-state index contributed by atoms with van der Waals surface area (Å²) in [5.74, 6) is 0.359. The first-order valence-corrected chi connectivity index (χ1v) is 7.49. The van der Waals surface area contributed by atoms with Gasteiger partial charge in [0.25, 0.3) is 5.91 Å². The van der Waals surface area contributed by atoms with E-state index in [9.17, 15) is 9.18 Å². The average Bonchev–Trinajstić information content (AvgIpc) is 3.37. The lowest BCUT2D eigenvalue weighted by molar-refractivity contribution is 0.0950. The summed E-state index contributed by atoms with van der Waals surface area (Å²) in [7, 11) is 1.43. The predicted octanol–water partition coefficient (Wildman–Crippen LogP) is 2.73. The van der Waals surface area contributed by atoms with Gasteiger partial charge in [0.2, 0.25) is 0 Å². The molecule has 6 heteroatoms. The van der Waals surface area contributed by atoms with Crippen LogP contribution in [-0.4, -0.2) is 24.0 Å². The molecule has 0 bridgehead atoms. The van der Waals surface area contributed by atoms with Crippen LogP contribution in [0.25, 0.3) is 0 Å². The lowest BCUT2D eigenvalue weighted by Gasteiger charge is -2.08. The minimum atomic E-state index is -0.396. The van der Waals surface area contributed by atoms with E-state index in [1.165, 1.54) is 19.4 Å². The maximum atomic E-state index is 13.6. The van der Waals surface area contributed by atoms with Gasteiger partial charge >= 0.3 is 0 Å². The largest absolute Gasteiger partial charge is 0.494 e. The van der Waals surface area contributed by atoms with E-state index in [0.29, 0.717) is 24.0 Å². The molecule has 120 valence electrons. The van der Waals surface area contributed by atoms with Crippen molar-refractivity contribution in [2.24, 2.45) is 0 Å². The molecule has 5 nitrogen and oxygen atoms in total. The standard InChI is InChI=1S/C17H18FN3O2/c1-23-15-6-2-11(8-14(15)18)9-19-16-7-3-12(10-20-16)17(22)21-13-4-5-13/h2-3,6-8,10,13H,4-5,9H2,1H3,(H,19,20)(H,21,22). The van der Waals surface area contributed by atoms with Crippen molar-refractivity contribution < 1.29 is 13.9 Å². The molecule has 2 N–H and O–H groups in total. The summed E-state index contributed by atoms with van der Waals surface area (Å²) in [6.45, 7) is 0.432. The molecule has 23 heavy (non-hydrogen) atoms. The Kier molecular flexibility index (Phi) is 4.41. The van der Waals surface area contributed by atoms with Crippen LogP contribution in [-0.2, 0) is 6.54 Å². The van der Waals surface area contributed by atoms with E-state index < -0.39 is 5.82 Å². The third-order valence-corrected chi connectivity index (χ3v) is 3.63. The Labute approximate surface area is 133 Å². The van der Waals surface area contributed by atoms with Crippen molar-refractivity contribution in [3.63, 3.8) is 0 Å². The van der Waals surface area contributed by atoms with Gasteiger partial charge in [0, 0.05) is 18.8 Å². The highest BCUT2D eigenvalue weighted by Gasteiger charge is 2.23. The number of nitrogens with one attached hydrogen (secondary N) is 2. The topological polar surface area (TPSA) is 63.2 Å². The smallest absolute Gasteiger partial charge is 0.253 e. The summed E-state index contributed by atoms with van der Waals surface area (Å²) >= 11 is 0. The summed E-state index contributed by atoms with van der Waals surface area (Å²) in [5.41, 5.74) is 1.32. The minimum absolute atomic E-state index is 0.0937. The van der Waals surface area contributed by atoms with Crippen LogP contribution in [0.4, 0.5) is 10.2 Å². The lowest BCUT2D eigenvalue weighted by Crippen LogP contribution is -2.25. The Morgan fingerprint density at radius 3 is 2.78 bits per heavy atom. The molecule has 1 aromatic heterocycles. The van der Waals surface area contributed by atoms with Crippen molar-refractivity contribution in [1.29, 1.82) is 0 Å². The highest BCUT2D eigenvalue weighted by molar-refractivity contribution is 5.94. The molecule has 1 fully saturated rings. The van der Waals surface area contributed by atoms with Crippen molar-refractivity contribution in [2.45, 2.75) is 25.4 Å². The van der Waals surface area contributed by atoms with E-state index in [-0.39, 0.29) is 11.7 Å². The van der Waals surface area contributed by atoms with Crippen LogP contribution < -0.4 is 15.4 Å². The molecule has 3 rings (SSSR count). The van der Waals surface area contributed by atoms with Gasteiger partial charge in [0.15, 0.2) is 11.6 Å². The quantitative estimate of drug-likeness (QED) is 0.860. The van der Waals surface area contributed by atoms with Crippen LogP contribution in [0.3, 0.4) is 0 Å². The second kappa shape index (κ2) is 6.64. The number of rotatable bonds is 6. The molecule has 0 spiro atoms. The molecule has 0 unspecified atom stereocenters. The average molecular weight is 315 g/mol. The molecule has 0 aliphatic heterocycles. The number of nitrogens with zero attached hydrogens (tertiary/aromatic N) is 1. The van der Waals surface area contributed by atoms with Gasteiger partial charge in [-0.1, -0.05) is 6.07 Å². The van der Waals surface area contributed by atoms with Crippen LogP contribution in [0, 0.1) is 5.82 Å². The summed E-state index contributed by atoms with van der Waals surface area (Å²) < 4.78 is 18.5. The molecule has 1 amide bonds. The van der Waals surface area contributed by atoms with E-state index in [1.54, 1.807) is 24.3 Å². The number of benzene rings is 1. The second-order valence-corrected chi connectivity index (χ2v) is 5.50. The molecular formula is C17H18FN3O2. The Balaban J connectivity index is 1.57. The SMILES string of the molecule is COc1ccc(CNc2ccc(C(=O)NC3CC3)cn2)cc1F. The van der Waals surface area contributed by atoms with Crippen molar-refractivity contribution in [3.8, 4) is 5.75 Å². The number of amides is 1. The fraction of sp³-hybridized carbons (Fsp3) is 0.294.